The second-order valence-corrected chi connectivity index (χ2v) is 14.8. The van der Waals surface area contributed by atoms with E-state index in [2.05, 4.69) is 48.1 Å². The Hall–Kier alpha value is -1.62. The fourth-order valence-electron chi connectivity index (χ4n) is 10.2. The van der Waals surface area contributed by atoms with Crippen molar-refractivity contribution >= 4 is 11.9 Å². The predicted molar refractivity (Wildman–Crippen MR) is 155 cm³/mol. The molecule has 0 aromatic heterocycles. The molecular weight excluding hydrogens is 488 g/mol. The molecule has 5 heteroatoms. The largest absolute Gasteiger partial charge is 0.469 e. The Bertz CT molecular complexity index is 1040. The molecule has 0 amide bonds. The Morgan fingerprint density at radius 2 is 1.72 bits per heavy atom. The van der Waals surface area contributed by atoms with E-state index in [1.54, 1.807) is 5.57 Å². The summed E-state index contributed by atoms with van der Waals surface area (Å²) in [6, 6.07) is 0. The second kappa shape index (κ2) is 10.3. The molecule has 0 heterocycles. The first-order valence-electron chi connectivity index (χ1n) is 15.4. The van der Waals surface area contributed by atoms with Crippen LogP contribution in [0.5, 0.6) is 0 Å². The van der Waals surface area contributed by atoms with Gasteiger partial charge in [0.15, 0.2) is 0 Å². The first-order valence-corrected chi connectivity index (χ1v) is 15.4. The maximum Gasteiger partial charge on any atom is 0.312 e. The van der Waals surface area contributed by atoms with Crippen LogP contribution in [0.3, 0.4) is 0 Å². The van der Waals surface area contributed by atoms with Gasteiger partial charge in [0.1, 0.15) is 6.10 Å². The average Bonchev–Trinajstić information content (AvgIpc) is 3.16. The van der Waals surface area contributed by atoms with Gasteiger partial charge in [0.2, 0.25) is 0 Å². The minimum Gasteiger partial charge on any atom is -0.469 e. The lowest BCUT2D eigenvalue weighted by Crippen LogP contribution is -2.58. The van der Waals surface area contributed by atoms with E-state index in [0.717, 1.165) is 63.4 Å². The van der Waals surface area contributed by atoms with Gasteiger partial charge in [-0.25, -0.2) is 0 Å². The second-order valence-electron chi connectivity index (χ2n) is 14.8. The first kappa shape index (κ1) is 30.3. The lowest BCUT2D eigenvalue weighted by Gasteiger charge is -2.63. The molecule has 9 unspecified atom stereocenters. The van der Waals surface area contributed by atoms with Crippen LogP contribution >= 0.6 is 0 Å². The van der Waals surface area contributed by atoms with Gasteiger partial charge in [-0.3, -0.25) is 9.59 Å². The quantitative estimate of drug-likeness (QED) is 0.268. The van der Waals surface area contributed by atoms with Crippen molar-refractivity contribution in [1.29, 1.82) is 0 Å². The van der Waals surface area contributed by atoms with Crippen LogP contribution in [-0.4, -0.2) is 36.4 Å². The van der Waals surface area contributed by atoms with Crippen LogP contribution in [0.2, 0.25) is 0 Å². The zero-order chi connectivity index (χ0) is 29.1. The predicted octanol–water partition coefficient (Wildman–Crippen LogP) is 7.42. The van der Waals surface area contributed by atoms with E-state index in [1.165, 1.54) is 19.6 Å². The molecular formula is C34H54O5. The number of esters is 2. The minimum absolute atomic E-state index is 0.0138. The number of carbonyl (C=O) groups excluding carboxylic acids is 2. The molecule has 4 aliphatic rings. The van der Waals surface area contributed by atoms with Crippen molar-refractivity contribution in [1.82, 2.24) is 0 Å². The van der Waals surface area contributed by atoms with E-state index in [0.29, 0.717) is 17.8 Å². The van der Waals surface area contributed by atoms with E-state index < -0.39 is 0 Å². The Balaban J connectivity index is 1.60. The molecule has 5 nitrogen and oxygen atoms in total. The van der Waals surface area contributed by atoms with Crippen LogP contribution < -0.4 is 0 Å². The van der Waals surface area contributed by atoms with E-state index in [9.17, 15) is 14.7 Å². The maximum atomic E-state index is 12.1. The van der Waals surface area contributed by atoms with Gasteiger partial charge >= 0.3 is 11.9 Å². The van der Waals surface area contributed by atoms with Crippen molar-refractivity contribution in [2.75, 3.05) is 7.11 Å². The fourth-order valence-corrected chi connectivity index (χ4v) is 10.2. The van der Waals surface area contributed by atoms with Crippen LogP contribution in [0.1, 0.15) is 113 Å². The molecule has 0 aliphatic heterocycles. The number of hydrogen-bond acceptors (Lipinski definition) is 5. The zero-order valence-corrected chi connectivity index (χ0v) is 26.1. The average molecular weight is 543 g/mol. The Kier molecular flexibility index (Phi) is 8.04. The SMILES string of the molecule is C=C(CCC(C)C1CCC2(C)C3=C(CC(O)C12C)C1(C)CCC(OC(C)=O)C(C)(C)C1CC3)C(C)C(=O)OC. The molecule has 2 fully saturated rings. The number of methoxy groups -OCH3 is 1. The maximum absolute atomic E-state index is 12.1. The number of ether oxygens (including phenoxy) is 2. The van der Waals surface area contributed by atoms with E-state index in [-0.39, 0.29) is 51.7 Å². The molecule has 0 aromatic carbocycles. The van der Waals surface area contributed by atoms with Gasteiger partial charge in [-0.2, -0.15) is 0 Å². The van der Waals surface area contributed by atoms with Crippen molar-refractivity contribution in [3.8, 4) is 0 Å². The number of aliphatic hydroxyl groups excluding tert-OH is 1. The smallest absolute Gasteiger partial charge is 0.312 e. The van der Waals surface area contributed by atoms with E-state index in [1.807, 2.05) is 6.92 Å². The zero-order valence-electron chi connectivity index (χ0n) is 26.1. The number of hydrogen-bond donors (Lipinski definition) is 1. The summed E-state index contributed by atoms with van der Waals surface area (Å²) >= 11 is 0. The topological polar surface area (TPSA) is 72.8 Å². The molecule has 4 rings (SSSR count). The van der Waals surface area contributed by atoms with Crippen LogP contribution in [0.4, 0.5) is 0 Å². The summed E-state index contributed by atoms with van der Waals surface area (Å²) < 4.78 is 10.8. The van der Waals surface area contributed by atoms with Gasteiger partial charge in [-0.1, -0.05) is 64.8 Å². The fraction of sp³-hybridized carbons (Fsp3) is 0.824. The molecule has 220 valence electrons. The van der Waals surface area contributed by atoms with Gasteiger partial charge in [-0.15, -0.1) is 0 Å². The summed E-state index contributed by atoms with van der Waals surface area (Å²) in [5.41, 5.74) is 3.84. The molecule has 0 radical (unpaired) electrons. The summed E-state index contributed by atoms with van der Waals surface area (Å²) in [7, 11) is 1.43. The lowest BCUT2D eigenvalue weighted by molar-refractivity contribution is -0.168. The highest BCUT2D eigenvalue weighted by Crippen LogP contribution is 2.72. The molecule has 9 atom stereocenters. The van der Waals surface area contributed by atoms with Gasteiger partial charge in [0.05, 0.1) is 19.1 Å². The highest BCUT2D eigenvalue weighted by Gasteiger charge is 2.66. The van der Waals surface area contributed by atoms with Gasteiger partial charge in [-0.05, 0) is 93.3 Å². The van der Waals surface area contributed by atoms with Gasteiger partial charge in [0, 0.05) is 17.8 Å². The van der Waals surface area contributed by atoms with Crippen molar-refractivity contribution in [2.45, 2.75) is 125 Å². The van der Waals surface area contributed by atoms with Crippen LogP contribution in [0, 0.1) is 45.3 Å². The highest BCUT2D eigenvalue weighted by molar-refractivity contribution is 5.74. The van der Waals surface area contributed by atoms with Crippen LogP contribution in [-0.2, 0) is 19.1 Å². The number of carbonyl (C=O) groups is 2. The molecule has 0 aromatic rings. The molecule has 0 saturated heterocycles. The number of allylic oxidation sites excluding steroid dienone is 1. The summed E-state index contributed by atoms with van der Waals surface area (Å²) in [5.74, 6) is 0.606. The van der Waals surface area contributed by atoms with Crippen molar-refractivity contribution in [3.63, 3.8) is 0 Å². The number of rotatable bonds is 7. The van der Waals surface area contributed by atoms with Gasteiger partial charge < -0.3 is 14.6 Å². The van der Waals surface area contributed by atoms with Crippen molar-refractivity contribution in [3.05, 3.63) is 23.3 Å². The summed E-state index contributed by atoms with van der Waals surface area (Å²) in [6.07, 6.45) is 8.46. The van der Waals surface area contributed by atoms with Crippen LogP contribution in [0.25, 0.3) is 0 Å². The van der Waals surface area contributed by atoms with Crippen molar-refractivity contribution < 1.29 is 24.2 Å². The van der Waals surface area contributed by atoms with Gasteiger partial charge in [0.25, 0.3) is 0 Å². The third kappa shape index (κ3) is 4.53. The Morgan fingerprint density at radius 1 is 1.05 bits per heavy atom. The van der Waals surface area contributed by atoms with Crippen molar-refractivity contribution in [2.24, 2.45) is 45.3 Å². The number of aliphatic hydroxyl groups is 1. The molecule has 0 spiro atoms. The summed E-state index contributed by atoms with van der Waals surface area (Å²) in [6.45, 7) is 21.8. The third-order valence-corrected chi connectivity index (χ3v) is 12.9. The standard InChI is InChI=1S/C34H54O5/c1-20(22(3)30(37)38-10)11-12-21(2)24-15-18-33(8)25-13-14-27-31(5,6)29(39-23(4)35)16-17-32(27,7)26(25)19-28(36)34(24,33)9/h21-22,24,27-29,36H,1,11-19H2,2-10H3. The third-order valence-electron chi connectivity index (χ3n) is 12.9. The van der Waals surface area contributed by atoms with E-state index in [4.69, 9.17) is 9.47 Å². The normalized spacial score (nSPS) is 40.6. The molecule has 2 saturated carbocycles. The first-order chi connectivity index (χ1) is 18.1. The molecule has 0 bridgehead atoms. The Morgan fingerprint density at radius 3 is 2.33 bits per heavy atom. The highest BCUT2D eigenvalue weighted by atomic mass is 16.5. The molecule has 1 N–H and O–H groups in total. The number of fused-ring (bicyclic) bond motifs is 4. The molecule has 4 aliphatic carbocycles. The van der Waals surface area contributed by atoms with E-state index >= 15 is 0 Å². The Labute approximate surface area is 237 Å². The summed E-state index contributed by atoms with van der Waals surface area (Å²) in [4.78, 5) is 23.9. The van der Waals surface area contributed by atoms with Crippen LogP contribution in [0.15, 0.2) is 23.3 Å². The molecule has 39 heavy (non-hydrogen) atoms. The lowest BCUT2D eigenvalue weighted by atomic mass is 9.42. The monoisotopic (exact) mass is 542 g/mol. The minimum atomic E-state index is -0.377. The summed E-state index contributed by atoms with van der Waals surface area (Å²) in [5, 5.41) is 12.1.